The van der Waals surface area contributed by atoms with Gasteiger partial charge in [-0.2, -0.15) is 0 Å². The number of fused-ring (bicyclic) bond motifs is 5. The van der Waals surface area contributed by atoms with Gasteiger partial charge in [0, 0.05) is 11.5 Å². The zero-order valence-electron chi connectivity index (χ0n) is 17.5. The van der Waals surface area contributed by atoms with Gasteiger partial charge >= 0.3 is 5.63 Å². The van der Waals surface area contributed by atoms with Gasteiger partial charge in [-0.15, -0.1) is 0 Å². The second-order valence-corrected chi connectivity index (χ2v) is 10.9. The Bertz CT molecular complexity index is 829. The van der Waals surface area contributed by atoms with E-state index in [1.165, 1.54) is 6.07 Å². The van der Waals surface area contributed by atoms with Crippen molar-refractivity contribution in [2.75, 3.05) is 0 Å². The Morgan fingerprint density at radius 3 is 2.59 bits per heavy atom. The molecular weight excluding hydrogens is 368 g/mol. The highest BCUT2D eigenvalue weighted by atomic mass is 16.4. The first-order valence-corrected chi connectivity index (χ1v) is 11.4. The van der Waals surface area contributed by atoms with Gasteiger partial charge in [0.15, 0.2) is 0 Å². The molecule has 1 aromatic rings. The van der Waals surface area contributed by atoms with Crippen LogP contribution in [0.25, 0.3) is 0 Å². The van der Waals surface area contributed by atoms with Crippen LogP contribution in [0.2, 0.25) is 0 Å². The quantitative estimate of drug-likeness (QED) is 0.671. The SMILES string of the molecule is C[C@]12CC[C@H](O)C[C@@H]1CC[C@H]1[C@H]2[C@@H](O)C[C@]2(C)[C@H](c3ccc(=O)oc3)CC[C@]12O. The van der Waals surface area contributed by atoms with Crippen LogP contribution in [0.5, 0.6) is 0 Å². The molecule has 29 heavy (non-hydrogen) atoms. The Kier molecular flexibility index (Phi) is 4.37. The summed E-state index contributed by atoms with van der Waals surface area (Å²) in [5.74, 6) is 0.662. The average Bonchev–Trinajstić information content (AvgIpc) is 2.94. The Labute approximate surface area is 172 Å². The Balaban J connectivity index is 1.52. The summed E-state index contributed by atoms with van der Waals surface area (Å²) in [7, 11) is 0. The van der Waals surface area contributed by atoms with Crippen LogP contribution in [0.15, 0.2) is 27.6 Å². The predicted octanol–water partition coefficient (Wildman–Crippen LogP) is 3.21. The molecule has 4 aliphatic rings. The Hall–Kier alpha value is -1.17. The second-order valence-electron chi connectivity index (χ2n) is 10.9. The molecule has 1 heterocycles. The van der Waals surface area contributed by atoms with E-state index in [4.69, 9.17) is 4.42 Å². The van der Waals surface area contributed by atoms with Gasteiger partial charge in [0.1, 0.15) is 0 Å². The van der Waals surface area contributed by atoms with Crippen LogP contribution in [0.3, 0.4) is 0 Å². The zero-order valence-corrected chi connectivity index (χ0v) is 17.5. The Morgan fingerprint density at radius 1 is 1.07 bits per heavy atom. The van der Waals surface area contributed by atoms with E-state index in [2.05, 4.69) is 13.8 Å². The van der Waals surface area contributed by atoms with Gasteiger partial charge in [-0.1, -0.05) is 13.8 Å². The minimum atomic E-state index is -0.818. The summed E-state index contributed by atoms with van der Waals surface area (Å²) in [5.41, 5.74) is -0.681. The number of aliphatic hydroxyl groups is 3. The molecule has 160 valence electrons. The molecule has 0 aliphatic heterocycles. The molecule has 0 saturated heterocycles. The topological polar surface area (TPSA) is 90.9 Å². The van der Waals surface area contributed by atoms with E-state index in [0.29, 0.717) is 12.3 Å². The normalized spacial score (nSPS) is 51.8. The minimum absolute atomic E-state index is 0.0176. The van der Waals surface area contributed by atoms with Crippen molar-refractivity contribution in [2.24, 2.45) is 28.6 Å². The van der Waals surface area contributed by atoms with Gasteiger partial charge in [0.05, 0.1) is 24.1 Å². The molecule has 0 bridgehead atoms. The van der Waals surface area contributed by atoms with Gasteiger partial charge < -0.3 is 19.7 Å². The first-order valence-electron chi connectivity index (χ1n) is 11.4. The molecule has 0 amide bonds. The largest absolute Gasteiger partial charge is 0.431 e. The molecule has 5 heteroatoms. The lowest BCUT2D eigenvalue weighted by atomic mass is 9.42. The summed E-state index contributed by atoms with van der Waals surface area (Å²) in [6.07, 6.45) is 7.49. The highest BCUT2D eigenvalue weighted by Gasteiger charge is 2.69. The lowest BCUT2D eigenvalue weighted by molar-refractivity contribution is -0.239. The fourth-order valence-electron chi connectivity index (χ4n) is 8.41. The van der Waals surface area contributed by atoms with Gasteiger partial charge in [-0.3, -0.25) is 0 Å². The molecule has 4 saturated carbocycles. The van der Waals surface area contributed by atoms with Crippen molar-refractivity contribution in [3.63, 3.8) is 0 Å². The van der Waals surface area contributed by atoms with Crippen molar-refractivity contribution in [1.82, 2.24) is 0 Å². The molecule has 5 rings (SSSR count). The van der Waals surface area contributed by atoms with Crippen LogP contribution in [0, 0.1) is 28.6 Å². The Morgan fingerprint density at radius 2 is 1.86 bits per heavy atom. The van der Waals surface area contributed by atoms with E-state index in [-0.39, 0.29) is 34.9 Å². The number of aliphatic hydroxyl groups excluding tert-OH is 2. The summed E-state index contributed by atoms with van der Waals surface area (Å²) in [4.78, 5) is 11.4. The maximum absolute atomic E-state index is 12.2. The molecule has 0 spiro atoms. The maximum atomic E-state index is 12.2. The van der Waals surface area contributed by atoms with Gasteiger partial charge in [-0.05, 0) is 92.1 Å². The maximum Gasteiger partial charge on any atom is 0.335 e. The van der Waals surface area contributed by atoms with Gasteiger partial charge in [0.2, 0.25) is 0 Å². The highest BCUT2D eigenvalue weighted by molar-refractivity contribution is 5.28. The highest BCUT2D eigenvalue weighted by Crippen LogP contribution is 2.70. The van der Waals surface area contributed by atoms with Crippen LogP contribution in [0.1, 0.15) is 76.7 Å². The molecular formula is C24H34O5. The standard InChI is InChI=1S/C24H34O5/c1-22-9-7-16(25)11-15(22)4-5-18-21(22)19(26)12-23(2)17(8-10-24(18,23)28)14-3-6-20(27)29-13-14/h3,6,13,15-19,21,25-26,28H,4-5,7-12H2,1-2H3/t15-,16-,17-,18-,19-,21-,22-,23+,24-/m0/s1. The minimum Gasteiger partial charge on any atom is -0.431 e. The second kappa shape index (κ2) is 6.41. The number of rotatable bonds is 1. The zero-order chi connectivity index (χ0) is 20.6. The fraction of sp³-hybridized carbons (Fsp3) is 0.792. The molecule has 1 aromatic heterocycles. The van der Waals surface area contributed by atoms with Crippen LogP contribution in [-0.4, -0.2) is 33.1 Å². The predicted molar refractivity (Wildman–Crippen MR) is 108 cm³/mol. The first kappa shape index (κ1) is 19.8. The molecule has 3 N–H and O–H groups in total. The van der Waals surface area contributed by atoms with Crippen molar-refractivity contribution >= 4 is 0 Å². The number of hydrogen-bond acceptors (Lipinski definition) is 5. The van der Waals surface area contributed by atoms with Crippen molar-refractivity contribution < 1.29 is 19.7 Å². The van der Waals surface area contributed by atoms with E-state index in [9.17, 15) is 20.1 Å². The summed E-state index contributed by atoms with van der Waals surface area (Å²) in [6.45, 7) is 4.43. The summed E-state index contributed by atoms with van der Waals surface area (Å²) >= 11 is 0. The summed E-state index contributed by atoms with van der Waals surface area (Å²) in [5, 5.41) is 33.8. The van der Waals surface area contributed by atoms with Crippen LogP contribution >= 0.6 is 0 Å². The molecule has 4 aliphatic carbocycles. The fourth-order valence-corrected chi connectivity index (χ4v) is 8.41. The average molecular weight is 403 g/mol. The molecule has 9 atom stereocenters. The summed E-state index contributed by atoms with van der Waals surface area (Å²) in [6, 6.07) is 3.28. The molecule has 0 aromatic carbocycles. The molecule has 0 radical (unpaired) electrons. The summed E-state index contributed by atoms with van der Waals surface area (Å²) < 4.78 is 5.14. The third-order valence-electron chi connectivity index (χ3n) is 9.89. The van der Waals surface area contributed by atoms with E-state index in [1.54, 1.807) is 6.26 Å². The molecule has 5 nitrogen and oxygen atoms in total. The third-order valence-corrected chi connectivity index (χ3v) is 9.89. The van der Waals surface area contributed by atoms with Crippen LogP contribution in [0.4, 0.5) is 0 Å². The smallest absolute Gasteiger partial charge is 0.335 e. The van der Waals surface area contributed by atoms with Crippen molar-refractivity contribution in [1.29, 1.82) is 0 Å². The third kappa shape index (κ3) is 2.60. The van der Waals surface area contributed by atoms with Crippen LogP contribution in [-0.2, 0) is 0 Å². The lowest BCUT2D eigenvalue weighted by Gasteiger charge is -2.65. The van der Waals surface area contributed by atoms with E-state index in [0.717, 1.165) is 50.5 Å². The van der Waals surface area contributed by atoms with Gasteiger partial charge in [-0.25, -0.2) is 4.79 Å². The molecule has 0 unspecified atom stereocenters. The number of hydrogen-bond donors (Lipinski definition) is 3. The molecule has 4 fully saturated rings. The first-order chi connectivity index (χ1) is 13.7. The van der Waals surface area contributed by atoms with E-state index in [1.807, 2.05) is 6.07 Å². The van der Waals surface area contributed by atoms with E-state index >= 15 is 0 Å². The van der Waals surface area contributed by atoms with E-state index < -0.39 is 17.1 Å². The van der Waals surface area contributed by atoms with Crippen molar-refractivity contribution in [3.05, 3.63) is 34.4 Å². The van der Waals surface area contributed by atoms with Crippen molar-refractivity contribution in [3.8, 4) is 0 Å². The lowest BCUT2D eigenvalue weighted by Crippen LogP contribution is -2.66. The van der Waals surface area contributed by atoms with Gasteiger partial charge in [0.25, 0.3) is 0 Å². The van der Waals surface area contributed by atoms with Crippen LogP contribution < -0.4 is 5.63 Å². The monoisotopic (exact) mass is 402 g/mol. The van der Waals surface area contributed by atoms with Crippen molar-refractivity contribution in [2.45, 2.75) is 88.9 Å².